The van der Waals surface area contributed by atoms with Crippen molar-refractivity contribution >= 4 is 17.8 Å². The van der Waals surface area contributed by atoms with E-state index >= 15 is 0 Å². The molecule has 0 aromatic heterocycles. The number of hydrogen-bond donors (Lipinski definition) is 3. The van der Waals surface area contributed by atoms with E-state index in [1.54, 1.807) is 0 Å². The molecule has 0 spiro atoms. The van der Waals surface area contributed by atoms with Crippen LogP contribution in [0.3, 0.4) is 0 Å². The Morgan fingerprint density at radius 1 is 0.952 bits per heavy atom. The van der Waals surface area contributed by atoms with Gasteiger partial charge < -0.3 is 15.5 Å². The predicted octanol–water partition coefficient (Wildman–Crippen LogP) is 1.10. The minimum atomic E-state index is -1.33. The third-order valence-corrected chi connectivity index (χ3v) is 5.52. The van der Waals surface area contributed by atoms with Gasteiger partial charge in [-0.2, -0.15) is 0 Å². The van der Waals surface area contributed by atoms with Crippen LogP contribution in [0.15, 0.2) is 0 Å². The lowest BCUT2D eigenvalue weighted by Gasteiger charge is -2.53. The lowest BCUT2D eigenvalue weighted by Crippen LogP contribution is -2.54. The number of carbonyl (C=O) groups excluding carboxylic acids is 1. The van der Waals surface area contributed by atoms with Crippen LogP contribution < -0.4 is 5.32 Å². The van der Waals surface area contributed by atoms with Crippen molar-refractivity contribution in [3.05, 3.63) is 0 Å². The summed E-state index contributed by atoms with van der Waals surface area (Å²) in [5.41, 5.74) is 0. The minimum Gasteiger partial charge on any atom is -0.481 e. The number of carboxylic acid groups (broad SMARTS) is 2. The van der Waals surface area contributed by atoms with Gasteiger partial charge in [-0.3, -0.25) is 9.59 Å². The maximum atomic E-state index is 12.5. The third-order valence-electron chi connectivity index (χ3n) is 5.52. The second-order valence-electron chi connectivity index (χ2n) is 6.95. The van der Waals surface area contributed by atoms with Crippen molar-refractivity contribution < 1.29 is 24.6 Å². The summed E-state index contributed by atoms with van der Waals surface area (Å²) in [6, 6.07) is -1.33. The van der Waals surface area contributed by atoms with Gasteiger partial charge in [-0.1, -0.05) is 0 Å². The van der Waals surface area contributed by atoms with Gasteiger partial charge in [0.25, 0.3) is 0 Å². The Labute approximate surface area is 122 Å². The molecule has 0 aliphatic heterocycles. The Balaban J connectivity index is 1.67. The molecule has 0 aromatic carbocycles. The first kappa shape index (κ1) is 14.4. The predicted molar refractivity (Wildman–Crippen MR) is 72.4 cm³/mol. The summed E-state index contributed by atoms with van der Waals surface area (Å²) in [7, 11) is 0. The molecule has 21 heavy (non-hydrogen) atoms. The molecule has 0 unspecified atom stereocenters. The highest BCUT2D eigenvalue weighted by atomic mass is 16.4. The summed E-state index contributed by atoms with van der Waals surface area (Å²) in [4.78, 5) is 34.2. The molecule has 0 radical (unpaired) electrons. The van der Waals surface area contributed by atoms with Gasteiger partial charge in [-0.15, -0.1) is 0 Å². The standard InChI is InChI=1S/C15H21NO5/c17-12(18)6-11(15(20)21)16-14(19)13-9-2-7-1-8(4-9)5-10(13)3-7/h7-11,13H,1-6H2,(H,16,19)(H,17,18)(H,20,21)/t7?,8?,9?,10?,11-,13?/m1/s1. The molecule has 4 rings (SSSR count). The lowest BCUT2D eigenvalue weighted by atomic mass is 9.51. The van der Waals surface area contributed by atoms with Gasteiger partial charge in [0.15, 0.2) is 0 Å². The molecule has 4 bridgehead atoms. The van der Waals surface area contributed by atoms with E-state index < -0.39 is 24.4 Å². The van der Waals surface area contributed by atoms with E-state index in [1.807, 2.05) is 0 Å². The van der Waals surface area contributed by atoms with Crippen molar-refractivity contribution in [2.45, 2.75) is 44.6 Å². The maximum Gasteiger partial charge on any atom is 0.326 e. The van der Waals surface area contributed by atoms with Crippen molar-refractivity contribution in [2.24, 2.45) is 29.6 Å². The average molecular weight is 295 g/mol. The molecule has 3 N–H and O–H groups in total. The first-order valence-electron chi connectivity index (χ1n) is 7.69. The van der Waals surface area contributed by atoms with Crippen LogP contribution in [0.5, 0.6) is 0 Å². The summed E-state index contributed by atoms with van der Waals surface area (Å²) < 4.78 is 0. The van der Waals surface area contributed by atoms with Crippen LogP contribution >= 0.6 is 0 Å². The van der Waals surface area contributed by atoms with Gasteiger partial charge in [0.2, 0.25) is 5.91 Å². The molecule has 4 aliphatic rings. The molecule has 116 valence electrons. The molecule has 4 fully saturated rings. The molecule has 0 heterocycles. The van der Waals surface area contributed by atoms with Crippen LogP contribution in [0.25, 0.3) is 0 Å². The van der Waals surface area contributed by atoms with Crippen LogP contribution in [0.4, 0.5) is 0 Å². The van der Waals surface area contributed by atoms with Crippen LogP contribution in [0.2, 0.25) is 0 Å². The van der Waals surface area contributed by atoms with E-state index in [4.69, 9.17) is 10.2 Å². The van der Waals surface area contributed by atoms with Crippen LogP contribution in [0, 0.1) is 29.6 Å². The Bertz CT molecular complexity index is 447. The number of carbonyl (C=O) groups is 3. The van der Waals surface area contributed by atoms with Gasteiger partial charge in [0, 0.05) is 5.92 Å². The normalized spacial score (nSPS) is 38.0. The molecule has 0 saturated heterocycles. The maximum absolute atomic E-state index is 12.5. The summed E-state index contributed by atoms with van der Waals surface area (Å²) in [5.74, 6) is -0.661. The van der Waals surface area contributed by atoms with Crippen molar-refractivity contribution in [2.75, 3.05) is 0 Å². The Kier molecular flexibility index (Phi) is 3.63. The smallest absolute Gasteiger partial charge is 0.326 e. The highest BCUT2D eigenvalue weighted by molar-refractivity contribution is 5.88. The number of rotatable bonds is 5. The van der Waals surface area contributed by atoms with Crippen LogP contribution in [-0.2, 0) is 14.4 Å². The quantitative estimate of drug-likeness (QED) is 0.704. The molecule has 6 heteroatoms. The average Bonchev–Trinajstić information content (AvgIpc) is 2.35. The number of aliphatic carboxylic acids is 2. The van der Waals surface area contributed by atoms with Gasteiger partial charge in [-0.05, 0) is 55.8 Å². The number of nitrogens with one attached hydrogen (secondary N) is 1. The van der Waals surface area contributed by atoms with Crippen molar-refractivity contribution in [1.82, 2.24) is 5.32 Å². The summed E-state index contributed by atoms with van der Waals surface area (Å²) in [5, 5.41) is 20.2. The van der Waals surface area contributed by atoms with Gasteiger partial charge in [0.05, 0.1) is 6.42 Å². The van der Waals surface area contributed by atoms with Gasteiger partial charge >= 0.3 is 11.9 Å². The molecule has 0 aromatic rings. The number of carboxylic acids is 2. The van der Waals surface area contributed by atoms with Crippen molar-refractivity contribution in [3.8, 4) is 0 Å². The highest BCUT2D eigenvalue weighted by Gasteiger charge is 2.51. The Morgan fingerprint density at radius 2 is 1.48 bits per heavy atom. The van der Waals surface area contributed by atoms with E-state index in [2.05, 4.69) is 5.32 Å². The molecule has 4 aliphatic carbocycles. The number of hydrogen-bond acceptors (Lipinski definition) is 3. The minimum absolute atomic E-state index is 0.117. The fourth-order valence-electron chi connectivity index (χ4n) is 5.00. The summed E-state index contributed by atoms with van der Waals surface area (Å²) in [6.07, 6.45) is 5.00. The monoisotopic (exact) mass is 295 g/mol. The zero-order valence-electron chi connectivity index (χ0n) is 11.8. The third kappa shape index (κ3) is 2.76. The van der Waals surface area contributed by atoms with E-state index in [1.165, 1.54) is 6.42 Å². The Hall–Kier alpha value is -1.59. The first-order chi connectivity index (χ1) is 9.94. The van der Waals surface area contributed by atoms with E-state index in [0.717, 1.165) is 37.5 Å². The molecule has 4 saturated carbocycles. The SMILES string of the molecule is O=C(O)C[C@@H](NC(=O)C1C2CC3CC(C2)CC1C3)C(=O)O. The van der Waals surface area contributed by atoms with Crippen LogP contribution in [0.1, 0.15) is 38.5 Å². The zero-order valence-corrected chi connectivity index (χ0v) is 11.8. The highest BCUT2D eigenvalue weighted by Crippen LogP contribution is 2.56. The molecule has 1 atom stereocenters. The lowest BCUT2D eigenvalue weighted by molar-refractivity contribution is -0.150. The summed E-state index contributed by atoms with van der Waals surface area (Å²) >= 11 is 0. The largest absolute Gasteiger partial charge is 0.481 e. The molecule has 6 nitrogen and oxygen atoms in total. The first-order valence-corrected chi connectivity index (χ1v) is 7.69. The van der Waals surface area contributed by atoms with Crippen molar-refractivity contribution in [1.29, 1.82) is 0 Å². The summed E-state index contributed by atoms with van der Waals surface area (Å²) in [6.45, 7) is 0. The second-order valence-corrected chi connectivity index (χ2v) is 6.95. The van der Waals surface area contributed by atoms with E-state index in [0.29, 0.717) is 11.8 Å². The Morgan fingerprint density at radius 3 is 1.90 bits per heavy atom. The molecular weight excluding hydrogens is 274 g/mol. The fraction of sp³-hybridized carbons (Fsp3) is 0.800. The number of amides is 1. The fourth-order valence-corrected chi connectivity index (χ4v) is 5.00. The van der Waals surface area contributed by atoms with Gasteiger partial charge in [-0.25, -0.2) is 4.79 Å². The zero-order chi connectivity index (χ0) is 15.1. The van der Waals surface area contributed by atoms with Gasteiger partial charge in [0.1, 0.15) is 6.04 Å². The second kappa shape index (κ2) is 5.31. The van der Waals surface area contributed by atoms with Crippen LogP contribution in [-0.4, -0.2) is 34.1 Å². The molecular formula is C15H21NO5. The van der Waals surface area contributed by atoms with E-state index in [9.17, 15) is 14.4 Å². The topological polar surface area (TPSA) is 104 Å². The van der Waals surface area contributed by atoms with E-state index in [-0.39, 0.29) is 11.8 Å². The van der Waals surface area contributed by atoms with Crippen molar-refractivity contribution in [3.63, 3.8) is 0 Å². The molecule has 1 amide bonds.